The molecule has 1 aromatic carbocycles. The summed E-state index contributed by atoms with van der Waals surface area (Å²) in [5, 5.41) is 3.42. The van der Waals surface area contributed by atoms with Crippen LogP contribution in [-0.2, 0) is 11.3 Å². The predicted octanol–water partition coefficient (Wildman–Crippen LogP) is 2.85. The fraction of sp³-hybridized carbons (Fsp3) is 0.474. The summed E-state index contributed by atoms with van der Waals surface area (Å²) in [6.45, 7) is 3.47. The molecule has 4 rings (SSSR count). The molecule has 2 saturated heterocycles. The summed E-state index contributed by atoms with van der Waals surface area (Å²) < 4.78 is 19.5. The van der Waals surface area contributed by atoms with Crippen LogP contribution in [0.5, 0.6) is 0 Å². The third kappa shape index (κ3) is 3.96. The van der Waals surface area contributed by atoms with Crippen molar-refractivity contribution in [2.45, 2.75) is 37.5 Å². The average molecular weight is 342 g/mol. The van der Waals surface area contributed by atoms with E-state index in [0.717, 1.165) is 50.3 Å². The van der Waals surface area contributed by atoms with Gasteiger partial charge in [0.05, 0.1) is 24.4 Å². The number of rotatable bonds is 4. The average Bonchev–Trinajstić information content (AvgIpc) is 3.01. The van der Waals surface area contributed by atoms with Crippen LogP contribution in [0.15, 0.2) is 42.9 Å². The van der Waals surface area contributed by atoms with Crippen molar-refractivity contribution in [2.24, 2.45) is 0 Å². The number of anilines is 1. The third-order valence-corrected chi connectivity index (χ3v) is 5.19. The van der Waals surface area contributed by atoms with Crippen molar-refractivity contribution in [3.63, 3.8) is 0 Å². The summed E-state index contributed by atoms with van der Waals surface area (Å²) in [6.07, 6.45) is 8.14. The van der Waals surface area contributed by atoms with E-state index in [-0.39, 0.29) is 17.5 Å². The summed E-state index contributed by atoms with van der Waals surface area (Å²) in [7, 11) is 0. The van der Waals surface area contributed by atoms with Gasteiger partial charge in [-0.2, -0.15) is 0 Å². The van der Waals surface area contributed by atoms with Gasteiger partial charge >= 0.3 is 0 Å². The maximum atomic E-state index is 13.3. The fourth-order valence-corrected chi connectivity index (χ4v) is 3.88. The first-order valence-electron chi connectivity index (χ1n) is 8.84. The molecule has 1 atom stereocenters. The van der Waals surface area contributed by atoms with Gasteiger partial charge in [-0.3, -0.25) is 9.88 Å². The molecule has 6 heteroatoms. The molecule has 3 heterocycles. The molecule has 2 aromatic rings. The number of piperidine rings is 1. The van der Waals surface area contributed by atoms with Crippen LogP contribution in [0.3, 0.4) is 0 Å². The summed E-state index contributed by atoms with van der Waals surface area (Å²) in [5.41, 5.74) is 1.00. The highest BCUT2D eigenvalue weighted by molar-refractivity contribution is 5.32. The van der Waals surface area contributed by atoms with Crippen LogP contribution >= 0.6 is 0 Å². The highest BCUT2D eigenvalue weighted by Gasteiger charge is 2.42. The zero-order chi connectivity index (χ0) is 17.1. The minimum absolute atomic E-state index is 0.0295. The number of nitrogens with one attached hydrogen (secondary N) is 1. The molecule has 0 bridgehead atoms. The molecule has 1 unspecified atom stereocenters. The Labute approximate surface area is 147 Å². The van der Waals surface area contributed by atoms with Crippen LogP contribution in [0.2, 0.25) is 0 Å². The second kappa shape index (κ2) is 7.06. The molecule has 132 valence electrons. The van der Waals surface area contributed by atoms with Gasteiger partial charge < -0.3 is 10.1 Å². The Balaban J connectivity index is 1.29. The molecule has 0 radical (unpaired) electrons. The summed E-state index contributed by atoms with van der Waals surface area (Å²) in [6, 6.07) is 7.16. The van der Waals surface area contributed by atoms with Crippen LogP contribution in [0.25, 0.3) is 0 Å². The lowest BCUT2D eigenvalue weighted by atomic mass is 9.87. The number of benzene rings is 1. The van der Waals surface area contributed by atoms with Crippen LogP contribution in [0, 0.1) is 5.82 Å². The van der Waals surface area contributed by atoms with Gasteiger partial charge in [0.15, 0.2) is 0 Å². The molecule has 0 aliphatic carbocycles. The lowest BCUT2D eigenvalue weighted by Crippen LogP contribution is -2.44. The van der Waals surface area contributed by atoms with Gasteiger partial charge in [-0.15, -0.1) is 0 Å². The number of halogens is 1. The molecule has 25 heavy (non-hydrogen) atoms. The number of ether oxygens (including phenoxy) is 1. The van der Waals surface area contributed by atoms with E-state index in [4.69, 9.17) is 4.74 Å². The molecule has 2 aliphatic heterocycles. The second-order valence-corrected chi connectivity index (χ2v) is 7.04. The predicted molar refractivity (Wildman–Crippen MR) is 93.7 cm³/mol. The van der Waals surface area contributed by atoms with E-state index in [2.05, 4.69) is 20.2 Å². The van der Waals surface area contributed by atoms with Crippen molar-refractivity contribution >= 4 is 5.82 Å². The SMILES string of the molecule is Fc1cccc(CN2CCC3(CC2)CC(Nc2cnccn2)CO3)c1. The van der Waals surface area contributed by atoms with E-state index in [1.54, 1.807) is 30.7 Å². The van der Waals surface area contributed by atoms with Crippen LogP contribution in [0.4, 0.5) is 10.2 Å². The molecular formula is C19H23FN4O. The van der Waals surface area contributed by atoms with Gasteiger partial charge in [-0.1, -0.05) is 12.1 Å². The van der Waals surface area contributed by atoms with Crippen LogP contribution in [-0.4, -0.2) is 46.2 Å². The molecular weight excluding hydrogens is 319 g/mol. The molecule has 1 spiro atoms. The fourth-order valence-electron chi connectivity index (χ4n) is 3.88. The maximum Gasteiger partial charge on any atom is 0.144 e. The topological polar surface area (TPSA) is 50.3 Å². The normalized spacial score (nSPS) is 23.0. The monoisotopic (exact) mass is 342 g/mol. The zero-order valence-electron chi connectivity index (χ0n) is 14.2. The number of likely N-dealkylation sites (tertiary alicyclic amines) is 1. The Morgan fingerprint density at radius 1 is 1.28 bits per heavy atom. The van der Waals surface area contributed by atoms with Crippen molar-refractivity contribution in [3.05, 3.63) is 54.2 Å². The van der Waals surface area contributed by atoms with Gasteiger partial charge in [0, 0.05) is 32.0 Å². The smallest absolute Gasteiger partial charge is 0.144 e. The number of nitrogens with zero attached hydrogens (tertiary/aromatic N) is 3. The maximum absolute atomic E-state index is 13.3. The Morgan fingerprint density at radius 2 is 2.16 bits per heavy atom. The Kier molecular flexibility index (Phi) is 4.63. The van der Waals surface area contributed by atoms with E-state index in [9.17, 15) is 4.39 Å². The zero-order valence-corrected chi connectivity index (χ0v) is 14.2. The van der Waals surface area contributed by atoms with E-state index in [0.29, 0.717) is 6.61 Å². The first-order valence-corrected chi connectivity index (χ1v) is 8.84. The molecule has 0 amide bonds. The highest BCUT2D eigenvalue weighted by atomic mass is 19.1. The highest BCUT2D eigenvalue weighted by Crippen LogP contribution is 2.37. The lowest BCUT2D eigenvalue weighted by Gasteiger charge is -2.38. The van der Waals surface area contributed by atoms with E-state index < -0.39 is 0 Å². The largest absolute Gasteiger partial charge is 0.373 e. The van der Waals surface area contributed by atoms with Gasteiger partial charge in [0.1, 0.15) is 11.6 Å². The molecule has 0 saturated carbocycles. The number of hydrogen-bond donors (Lipinski definition) is 1. The molecule has 2 aliphatic rings. The first kappa shape index (κ1) is 16.4. The Bertz CT molecular complexity index is 704. The first-order chi connectivity index (χ1) is 12.2. The number of aromatic nitrogens is 2. The Hall–Kier alpha value is -2.05. The third-order valence-electron chi connectivity index (χ3n) is 5.19. The summed E-state index contributed by atoms with van der Waals surface area (Å²) in [4.78, 5) is 10.7. The van der Waals surface area contributed by atoms with Gasteiger partial charge in [0.2, 0.25) is 0 Å². The van der Waals surface area contributed by atoms with Crippen molar-refractivity contribution in [3.8, 4) is 0 Å². The minimum Gasteiger partial charge on any atom is -0.373 e. The summed E-state index contributed by atoms with van der Waals surface area (Å²) in [5.74, 6) is 0.639. The van der Waals surface area contributed by atoms with Crippen LogP contribution in [0.1, 0.15) is 24.8 Å². The van der Waals surface area contributed by atoms with Crippen LogP contribution < -0.4 is 5.32 Å². The van der Waals surface area contributed by atoms with Crippen molar-refractivity contribution in [1.29, 1.82) is 0 Å². The lowest BCUT2D eigenvalue weighted by molar-refractivity contribution is -0.0448. The molecule has 2 fully saturated rings. The quantitative estimate of drug-likeness (QED) is 0.926. The van der Waals surface area contributed by atoms with Gasteiger partial charge in [-0.05, 0) is 37.0 Å². The van der Waals surface area contributed by atoms with E-state index in [1.165, 1.54) is 6.07 Å². The summed E-state index contributed by atoms with van der Waals surface area (Å²) >= 11 is 0. The molecule has 1 N–H and O–H groups in total. The van der Waals surface area contributed by atoms with Gasteiger partial charge in [0.25, 0.3) is 0 Å². The van der Waals surface area contributed by atoms with Crippen molar-refractivity contribution in [1.82, 2.24) is 14.9 Å². The van der Waals surface area contributed by atoms with E-state index >= 15 is 0 Å². The number of hydrogen-bond acceptors (Lipinski definition) is 5. The molecule has 1 aromatic heterocycles. The van der Waals surface area contributed by atoms with Crippen molar-refractivity contribution in [2.75, 3.05) is 25.0 Å². The van der Waals surface area contributed by atoms with E-state index in [1.807, 2.05) is 6.07 Å². The van der Waals surface area contributed by atoms with Gasteiger partial charge in [-0.25, -0.2) is 9.37 Å². The minimum atomic E-state index is -0.164. The second-order valence-electron chi connectivity index (χ2n) is 7.04. The van der Waals surface area contributed by atoms with Crippen molar-refractivity contribution < 1.29 is 9.13 Å². The standard InChI is InChI=1S/C19H23FN4O/c20-16-3-1-2-15(10-16)13-24-8-4-19(5-9-24)11-17(14-25-19)23-18-12-21-6-7-22-18/h1-3,6-7,10,12,17H,4-5,8-9,11,13-14H2,(H,22,23). The molecule has 5 nitrogen and oxygen atoms in total. The Morgan fingerprint density at radius 3 is 2.92 bits per heavy atom.